The topological polar surface area (TPSA) is 194 Å². The second-order valence-corrected chi connectivity index (χ2v) is 8.87. The summed E-state index contributed by atoms with van der Waals surface area (Å²) in [5, 5.41) is 23.7. The van der Waals surface area contributed by atoms with E-state index in [1.165, 1.54) is 11.3 Å². The number of rotatable bonds is 10. The van der Waals surface area contributed by atoms with E-state index in [2.05, 4.69) is 20.6 Å². The monoisotopic (exact) mass is 462 g/mol. The lowest BCUT2D eigenvalue weighted by Crippen LogP contribution is -2.40. The fourth-order valence-electron chi connectivity index (χ4n) is 3.60. The van der Waals surface area contributed by atoms with Crippen LogP contribution in [0.3, 0.4) is 0 Å². The lowest BCUT2D eigenvalue weighted by atomic mass is 9.92. The van der Waals surface area contributed by atoms with Crippen LogP contribution < -0.4 is 22.1 Å². The highest BCUT2D eigenvalue weighted by Gasteiger charge is 2.24. The van der Waals surface area contributed by atoms with Crippen molar-refractivity contribution in [1.82, 2.24) is 15.3 Å². The summed E-state index contributed by atoms with van der Waals surface area (Å²) < 4.78 is 0. The first kappa shape index (κ1) is 23.3. The van der Waals surface area contributed by atoms with Gasteiger partial charge in [0.25, 0.3) is 5.91 Å². The minimum Gasteiger partial charge on any atom is -0.481 e. The van der Waals surface area contributed by atoms with Gasteiger partial charge in [-0.1, -0.05) is 0 Å². The molecular weight excluding hydrogens is 436 g/mol. The molecule has 3 heterocycles. The van der Waals surface area contributed by atoms with E-state index in [0.717, 1.165) is 36.2 Å². The standard InChI is InChI=1S/C20H26N6O5S/c21-16-12-8-10(9-23-17(12)26-20(22)25-16)4-5-11-6-7-14(32-11)18(29)24-13(19(30)31)2-1-3-15(27)28/h6-7,10,13H,1-5,8-9H2,(H,24,29)(H,27,28)(H,30,31)(H5,21,22,23,25,26)/t10?,13-/m0/s1. The van der Waals surface area contributed by atoms with Crippen molar-refractivity contribution in [3.63, 3.8) is 0 Å². The van der Waals surface area contributed by atoms with Crippen LogP contribution in [-0.4, -0.2) is 50.6 Å². The van der Waals surface area contributed by atoms with Gasteiger partial charge in [0, 0.05) is 23.4 Å². The number of amides is 1. The Bertz CT molecular complexity index is 1010. The quantitative estimate of drug-likeness (QED) is 0.300. The third kappa shape index (κ3) is 6.06. The Morgan fingerprint density at radius 1 is 1.25 bits per heavy atom. The molecule has 0 spiro atoms. The molecule has 0 radical (unpaired) electrons. The highest BCUT2D eigenvalue weighted by molar-refractivity contribution is 7.14. The Kier molecular flexibility index (Phi) is 7.46. The zero-order chi connectivity index (χ0) is 23.3. The second-order valence-electron chi connectivity index (χ2n) is 7.70. The normalized spacial score (nSPS) is 15.9. The first-order valence-corrected chi connectivity index (χ1v) is 11.0. The summed E-state index contributed by atoms with van der Waals surface area (Å²) in [6, 6.07) is 2.42. The number of hydrogen-bond donors (Lipinski definition) is 6. The predicted molar refractivity (Wildman–Crippen MR) is 120 cm³/mol. The van der Waals surface area contributed by atoms with Crippen LogP contribution in [0.1, 0.15) is 45.8 Å². The average molecular weight is 463 g/mol. The number of carboxylic acid groups (broad SMARTS) is 2. The number of nitrogens with zero attached hydrogens (tertiary/aromatic N) is 2. The molecule has 2 aromatic heterocycles. The molecule has 0 saturated heterocycles. The van der Waals surface area contributed by atoms with Gasteiger partial charge in [0.2, 0.25) is 5.95 Å². The van der Waals surface area contributed by atoms with E-state index in [9.17, 15) is 19.5 Å². The van der Waals surface area contributed by atoms with Gasteiger partial charge < -0.3 is 32.3 Å². The molecule has 0 saturated carbocycles. The first-order valence-electron chi connectivity index (χ1n) is 10.2. The molecule has 2 aromatic rings. The molecule has 1 aliphatic heterocycles. The number of thiophene rings is 1. The Hall–Kier alpha value is -3.41. The SMILES string of the molecule is Nc1nc(N)c2c(n1)NCC(CCc1ccc(C(=O)N[C@@H](CCCC(=O)O)C(=O)O)s1)C2. The van der Waals surface area contributed by atoms with Crippen molar-refractivity contribution >= 4 is 46.8 Å². The van der Waals surface area contributed by atoms with Gasteiger partial charge in [0.15, 0.2) is 0 Å². The van der Waals surface area contributed by atoms with Gasteiger partial charge in [-0.3, -0.25) is 9.59 Å². The number of fused-ring (bicyclic) bond motifs is 1. The largest absolute Gasteiger partial charge is 0.481 e. The van der Waals surface area contributed by atoms with Crippen LogP contribution in [0.5, 0.6) is 0 Å². The predicted octanol–water partition coefficient (Wildman–Crippen LogP) is 1.36. The Morgan fingerprint density at radius 2 is 2.03 bits per heavy atom. The average Bonchev–Trinajstić information content (AvgIpc) is 3.20. The van der Waals surface area contributed by atoms with Crippen LogP contribution >= 0.6 is 11.3 Å². The molecule has 1 aliphatic rings. The summed E-state index contributed by atoms with van der Waals surface area (Å²) in [7, 11) is 0. The highest BCUT2D eigenvalue weighted by atomic mass is 32.1. The number of nitrogens with two attached hydrogens (primary N) is 2. The molecule has 8 N–H and O–H groups in total. The van der Waals surface area contributed by atoms with Crippen molar-refractivity contribution in [1.29, 1.82) is 0 Å². The van der Waals surface area contributed by atoms with Crippen molar-refractivity contribution in [2.24, 2.45) is 5.92 Å². The number of anilines is 3. The third-order valence-electron chi connectivity index (χ3n) is 5.28. The van der Waals surface area contributed by atoms with Crippen molar-refractivity contribution in [2.75, 3.05) is 23.3 Å². The molecule has 0 fully saturated rings. The number of carbonyl (C=O) groups is 3. The molecule has 11 nitrogen and oxygen atoms in total. The minimum absolute atomic E-state index is 0.0558. The molecule has 172 valence electrons. The smallest absolute Gasteiger partial charge is 0.326 e. The number of carboxylic acids is 2. The van der Waals surface area contributed by atoms with E-state index in [4.69, 9.17) is 16.6 Å². The van der Waals surface area contributed by atoms with E-state index >= 15 is 0 Å². The van der Waals surface area contributed by atoms with Crippen LogP contribution in [0, 0.1) is 5.92 Å². The van der Waals surface area contributed by atoms with E-state index in [0.29, 0.717) is 22.4 Å². The van der Waals surface area contributed by atoms with Gasteiger partial charge >= 0.3 is 11.9 Å². The Morgan fingerprint density at radius 3 is 2.75 bits per heavy atom. The number of nitrogen functional groups attached to an aromatic ring is 2. The fourth-order valence-corrected chi connectivity index (χ4v) is 4.52. The second kappa shape index (κ2) is 10.3. The summed E-state index contributed by atoms with van der Waals surface area (Å²) >= 11 is 1.32. The first-order chi connectivity index (χ1) is 15.2. The van der Waals surface area contributed by atoms with Gasteiger partial charge in [-0.05, 0) is 50.2 Å². The molecule has 1 amide bonds. The van der Waals surface area contributed by atoms with Crippen molar-refractivity contribution in [3.05, 3.63) is 27.5 Å². The van der Waals surface area contributed by atoms with E-state index in [-0.39, 0.29) is 25.2 Å². The Balaban J connectivity index is 1.52. The third-order valence-corrected chi connectivity index (χ3v) is 6.42. The number of aryl methyl sites for hydroxylation is 1. The summed E-state index contributed by atoms with van der Waals surface area (Å²) in [5.41, 5.74) is 12.5. The van der Waals surface area contributed by atoms with Gasteiger partial charge in [-0.15, -0.1) is 11.3 Å². The minimum atomic E-state index is -1.18. The van der Waals surface area contributed by atoms with Gasteiger partial charge in [-0.2, -0.15) is 9.97 Å². The van der Waals surface area contributed by atoms with Gasteiger partial charge in [-0.25, -0.2) is 4.79 Å². The molecule has 3 rings (SSSR count). The maximum Gasteiger partial charge on any atom is 0.326 e. The van der Waals surface area contributed by atoms with Crippen molar-refractivity contribution in [3.8, 4) is 0 Å². The maximum absolute atomic E-state index is 12.4. The van der Waals surface area contributed by atoms with Crippen molar-refractivity contribution < 1.29 is 24.6 Å². The van der Waals surface area contributed by atoms with Crippen LogP contribution in [0.4, 0.5) is 17.6 Å². The molecule has 2 atom stereocenters. The molecule has 32 heavy (non-hydrogen) atoms. The van der Waals surface area contributed by atoms with E-state index in [1.807, 2.05) is 6.07 Å². The zero-order valence-electron chi connectivity index (χ0n) is 17.3. The molecular formula is C20H26N6O5S. The van der Waals surface area contributed by atoms with E-state index < -0.39 is 23.9 Å². The van der Waals surface area contributed by atoms with Gasteiger partial charge in [0.05, 0.1) is 4.88 Å². The molecule has 0 aliphatic carbocycles. The summed E-state index contributed by atoms with van der Waals surface area (Å²) in [6.07, 6.45) is 2.45. The lowest BCUT2D eigenvalue weighted by molar-refractivity contribution is -0.140. The number of carbonyl (C=O) groups excluding carboxylic acids is 1. The van der Waals surface area contributed by atoms with Gasteiger partial charge in [0.1, 0.15) is 17.7 Å². The van der Waals surface area contributed by atoms with Crippen LogP contribution in [0.25, 0.3) is 0 Å². The summed E-state index contributed by atoms with van der Waals surface area (Å²) in [6.45, 7) is 0.734. The number of hydrogen-bond acceptors (Lipinski definition) is 9. The molecule has 1 unspecified atom stereocenters. The summed E-state index contributed by atoms with van der Waals surface area (Å²) in [4.78, 5) is 44.1. The lowest BCUT2D eigenvalue weighted by Gasteiger charge is -2.26. The van der Waals surface area contributed by atoms with Crippen LogP contribution in [0.2, 0.25) is 0 Å². The number of nitrogens with one attached hydrogen (secondary N) is 2. The number of aromatic nitrogens is 2. The highest BCUT2D eigenvalue weighted by Crippen LogP contribution is 2.30. The Labute approximate surface area is 188 Å². The molecule has 0 bridgehead atoms. The molecule has 0 aromatic carbocycles. The van der Waals surface area contributed by atoms with Crippen LogP contribution in [0.15, 0.2) is 12.1 Å². The fraction of sp³-hybridized carbons (Fsp3) is 0.450. The maximum atomic E-state index is 12.4. The van der Waals surface area contributed by atoms with Crippen molar-refractivity contribution in [2.45, 2.75) is 44.6 Å². The molecule has 12 heteroatoms. The zero-order valence-corrected chi connectivity index (χ0v) is 18.2. The van der Waals surface area contributed by atoms with E-state index in [1.54, 1.807) is 6.07 Å². The summed E-state index contributed by atoms with van der Waals surface area (Å²) in [5.74, 6) is -1.13. The number of aliphatic carboxylic acids is 2. The van der Waals surface area contributed by atoms with Crippen LogP contribution in [-0.2, 0) is 22.4 Å².